The van der Waals surface area contributed by atoms with Crippen molar-refractivity contribution in [3.8, 4) is 0 Å². The predicted molar refractivity (Wildman–Crippen MR) is 82.7 cm³/mol. The summed E-state index contributed by atoms with van der Waals surface area (Å²) in [6, 6.07) is 8.55. The van der Waals surface area contributed by atoms with Gasteiger partial charge in [0.05, 0.1) is 5.25 Å². The molecule has 1 aliphatic carbocycles. The molecule has 1 saturated carbocycles. The molecule has 3 nitrogen and oxygen atoms in total. The lowest BCUT2D eigenvalue weighted by Gasteiger charge is -2.29. The topological polar surface area (TPSA) is 46.2 Å². The van der Waals surface area contributed by atoms with Gasteiger partial charge in [-0.15, -0.1) is 11.8 Å². The lowest BCUT2D eigenvalue weighted by atomic mass is 9.95. The molecule has 0 aliphatic heterocycles. The van der Waals surface area contributed by atoms with Gasteiger partial charge in [0.15, 0.2) is 0 Å². The number of anilines is 1. The summed E-state index contributed by atoms with van der Waals surface area (Å²) in [5.41, 5.74) is 1.09. The molecule has 106 valence electrons. The summed E-state index contributed by atoms with van der Waals surface area (Å²) in [6.45, 7) is 0. The van der Waals surface area contributed by atoms with Gasteiger partial charge in [0.2, 0.25) is 0 Å². The zero-order chi connectivity index (χ0) is 13.9. The van der Waals surface area contributed by atoms with Crippen LogP contribution in [0.15, 0.2) is 29.2 Å². The van der Waals surface area contributed by atoms with Crippen molar-refractivity contribution in [2.24, 2.45) is 0 Å². The first-order valence-corrected chi connectivity index (χ1v) is 9.76. The van der Waals surface area contributed by atoms with E-state index in [1.807, 2.05) is 12.1 Å². The number of rotatable bonds is 4. The molecule has 1 aliphatic rings. The Morgan fingerprint density at radius 2 is 2.11 bits per heavy atom. The van der Waals surface area contributed by atoms with Crippen LogP contribution in [-0.2, 0) is 9.84 Å². The largest absolute Gasteiger partial charge is 0.382 e. The second-order valence-corrected chi connectivity index (χ2v) is 8.40. The fourth-order valence-electron chi connectivity index (χ4n) is 2.61. The van der Waals surface area contributed by atoms with E-state index in [2.05, 4.69) is 23.7 Å². The van der Waals surface area contributed by atoms with Gasteiger partial charge in [-0.05, 0) is 43.7 Å². The number of hydrogen-bond acceptors (Lipinski definition) is 4. The molecule has 0 aromatic heterocycles. The zero-order valence-corrected chi connectivity index (χ0v) is 13.1. The minimum Gasteiger partial charge on any atom is -0.382 e. The Morgan fingerprint density at radius 1 is 1.32 bits per heavy atom. The average Bonchev–Trinajstić information content (AvgIpc) is 2.38. The molecule has 0 saturated heterocycles. The molecule has 0 bridgehead atoms. The van der Waals surface area contributed by atoms with Crippen molar-refractivity contribution >= 4 is 27.3 Å². The van der Waals surface area contributed by atoms with Crippen LogP contribution >= 0.6 is 11.8 Å². The smallest absolute Gasteiger partial charge is 0.150 e. The van der Waals surface area contributed by atoms with Crippen LogP contribution < -0.4 is 5.32 Å². The summed E-state index contributed by atoms with van der Waals surface area (Å²) in [5.74, 6) is 0. The number of nitrogens with one attached hydrogen (secondary N) is 1. The van der Waals surface area contributed by atoms with Gasteiger partial charge >= 0.3 is 0 Å². The van der Waals surface area contributed by atoms with E-state index in [0.29, 0.717) is 0 Å². The van der Waals surface area contributed by atoms with E-state index in [-0.39, 0.29) is 11.3 Å². The molecule has 19 heavy (non-hydrogen) atoms. The van der Waals surface area contributed by atoms with Gasteiger partial charge in [0.25, 0.3) is 0 Å². The van der Waals surface area contributed by atoms with E-state index >= 15 is 0 Å². The number of thioether (sulfide) groups is 1. The van der Waals surface area contributed by atoms with Crippen LogP contribution in [0.3, 0.4) is 0 Å². The van der Waals surface area contributed by atoms with Crippen molar-refractivity contribution in [1.82, 2.24) is 0 Å². The Bertz CT molecular complexity index is 528. The van der Waals surface area contributed by atoms with Crippen LogP contribution in [0.2, 0.25) is 0 Å². The highest BCUT2D eigenvalue weighted by atomic mass is 32.2. The third-order valence-electron chi connectivity index (χ3n) is 3.67. The first-order valence-electron chi connectivity index (χ1n) is 6.58. The van der Waals surface area contributed by atoms with Crippen LogP contribution in [0.5, 0.6) is 0 Å². The van der Waals surface area contributed by atoms with Gasteiger partial charge in [0, 0.05) is 22.9 Å². The molecule has 2 rings (SSSR count). The van der Waals surface area contributed by atoms with E-state index in [9.17, 15) is 8.42 Å². The normalized spacial score (nSPS) is 24.1. The Hall–Kier alpha value is -0.680. The van der Waals surface area contributed by atoms with Crippen molar-refractivity contribution in [2.45, 2.75) is 41.9 Å². The maximum absolute atomic E-state index is 11.7. The molecule has 1 aromatic carbocycles. The van der Waals surface area contributed by atoms with Crippen LogP contribution in [0.25, 0.3) is 0 Å². The Kier molecular flexibility index (Phi) is 4.79. The van der Waals surface area contributed by atoms with E-state index in [1.54, 1.807) is 11.8 Å². The van der Waals surface area contributed by atoms with Crippen molar-refractivity contribution in [3.05, 3.63) is 24.3 Å². The molecule has 0 heterocycles. The predicted octanol–water partition coefficient (Wildman–Crippen LogP) is 3.18. The van der Waals surface area contributed by atoms with E-state index in [1.165, 1.54) is 11.2 Å². The molecule has 0 amide bonds. The SMILES string of the molecule is CSc1cccc(NC2CCCC(S(C)(=O)=O)C2)c1. The highest BCUT2D eigenvalue weighted by molar-refractivity contribution is 7.98. The summed E-state index contributed by atoms with van der Waals surface area (Å²) in [6.07, 6.45) is 6.98. The van der Waals surface area contributed by atoms with Gasteiger partial charge in [-0.3, -0.25) is 0 Å². The molecule has 0 radical (unpaired) electrons. The average molecular weight is 299 g/mol. The van der Waals surface area contributed by atoms with Crippen LogP contribution in [0.1, 0.15) is 25.7 Å². The zero-order valence-electron chi connectivity index (χ0n) is 11.4. The maximum atomic E-state index is 11.7. The summed E-state index contributed by atoms with van der Waals surface area (Å²) < 4.78 is 23.3. The van der Waals surface area contributed by atoms with Crippen LogP contribution in [0.4, 0.5) is 5.69 Å². The third kappa shape index (κ3) is 4.14. The van der Waals surface area contributed by atoms with Crippen molar-refractivity contribution in [2.75, 3.05) is 17.8 Å². The van der Waals surface area contributed by atoms with Crippen LogP contribution in [-0.4, -0.2) is 32.2 Å². The van der Waals surface area contributed by atoms with Gasteiger partial charge in [-0.1, -0.05) is 12.5 Å². The number of benzene rings is 1. The monoisotopic (exact) mass is 299 g/mol. The fraction of sp³-hybridized carbons (Fsp3) is 0.571. The molecular formula is C14H21NO2S2. The summed E-state index contributed by atoms with van der Waals surface area (Å²) >= 11 is 1.71. The number of hydrogen-bond donors (Lipinski definition) is 1. The molecule has 0 spiro atoms. The minimum absolute atomic E-state index is 0.178. The summed E-state index contributed by atoms with van der Waals surface area (Å²) in [4.78, 5) is 1.22. The first kappa shape index (κ1) is 14.7. The Balaban J connectivity index is 2.02. The Labute approximate surface area is 120 Å². The molecule has 1 N–H and O–H groups in total. The quantitative estimate of drug-likeness (QED) is 0.867. The fourth-order valence-corrected chi connectivity index (χ4v) is 4.25. The lowest BCUT2D eigenvalue weighted by molar-refractivity contribution is 0.453. The van der Waals surface area contributed by atoms with Crippen molar-refractivity contribution in [1.29, 1.82) is 0 Å². The maximum Gasteiger partial charge on any atom is 0.150 e. The van der Waals surface area contributed by atoms with Gasteiger partial charge in [-0.25, -0.2) is 8.42 Å². The third-order valence-corrected chi connectivity index (χ3v) is 6.04. The highest BCUT2D eigenvalue weighted by Gasteiger charge is 2.28. The van der Waals surface area contributed by atoms with Crippen molar-refractivity contribution < 1.29 is 8.42 Å². The van der Waals surface area contributed by atoms with E-state index < -0.39 is 9.84 Å². The Morgan fingerprint density at radius 3 is 2.79 bits per heavy atom. The van der Waals surface area contributed by atoms with Gasteiger partial charge < -0.3 is 5.32 Å². The first-order chi connectivity index (χ1) is 8.99. The molecule has 1 aromatic rings. The summed E-state index contributed by atoms with van der Waals surface area (Å²) in [5, 5.41) is 3.30. The second-order valence-electron chi connectivity index (χ2n) is 5.19. The molecule has 2 atom stereocenters. The van der Waals surface area contributed by atoms with Crippen molar-refractivity contribution in [3.63, 3.8) is 0 Å². The lowest BCUT2D eigenvalue weighted by Crippen LogP contribution is -2.34. The van der Waals surface area contributed by atoms with Crippen LogP contribution in [0, 0.1) is 0 Å². The molecule has 1 fully saturated rings. The van der Waals surface area contributed by atoms with Gasteiger partial charge in [0.1, 0.15) is 9.84 Å². The number of sulfone groups is 1. The summed E-state index contributed by atoms with van der Waals surface area (Å²) in [7, 11) is -2.91. The molecule has 5 heteroatoms. The second kappa shape index (κ2) is 6.18. The standard InChI is InChI=1S/C14H21NO2S2/c1-18-13-7-3-5-11(9-13)15-12-6-4-8-14(10-12)19(2,16)17/h3,5,7,9,12,14-15H,4,6,8,10H2,1-2H3. The minimum atomic E-state index is -2.91. The van der Waals surface area contributed by atoms with E-state index in [4.69, 9.17) is 0 Å². The highest BCUT2D eigenvalue weighted by Crippen LogP contribution is 2.27. The molecular weight excluding hydrogens is 278 g/mol. The van der Waals surface area contributed by atoms with Gasteiger partial charge in [-0.2, -0.15) is 0 Å². The molecule has 2 unspecified atom stereocenters. The van der Waals surface area contributed by atoms with E-state index in [0.717, 1.165) is 31.4 Å².